The van der Waals surface area contributed by atoms with Crippen LogP contribution < -0.4 is 10.6 Å². The number of aromatic nitrogens is 9. The zero-order valence-electron chi connectivity index (χ0n) is 19.9. The molecule has 0 saturated carbocycles. The largest absolute Gasteiger partial charge is 0.318 e. The molecule has 0 aliphatic carbocycles. The van der Waals surface area contributed by atoms with Gasteiger partial charge in [0.25, 0.3) is 11.8 Å². The average Bonchev–Trinajstić information content (AvgIpc) is 3.62. The van der Waals surface area contributed by atoms with Crippen LogP contribution in [0, 0.1) is 6.92 Å². The lowest BCUT2D eigenvalue weighted by Crippen LogP contribution is -2.20. The van der Waals surface area contributed by atoms with Crippen LogP contribution in [0.4, 0.5) is 11.4 Å². The van der Waals surface area contributed by atoms with Gasteiger partial charge in [0.1, 0.15) is 11.4 Å². The fourth-order valence-electron chi connectivity index (χ4n) is 3.71. The summed E-state index contributed by atoms with van der Waals surface area (Å²) in [5.74, 6) is -0.944. The lowest BCUT2D eigenvalue weighted by atomic mass is 10.3. The van der Waals surface area contributed by atoms with Crippen LogP contribution in [0.15, 0.2) is 41.4 Å². The second-order valence-electron chi connectivity index (χ2n) is 8.02. The highest BCUT2D eigenvalue weighted by molar-refractivity contribution is 9.10. The second kappa shape index (κ2) is 9.03. The van der Waals surface area contributed by atoms with E-state index in [1.807, 2.05) is 20.0 Å². The van der Waals surface area contributed by atoms with E-state index in [9.17, 15) is 9.59 Å². The summed E-state index contributed by atoms with van der Waals surface area (Å²) in [6.07, 6.45) is 6.48. The number of hydrogen-bond donors (Lipinski definition) is 2. The van der Waals surface area contributed by atoms with Crippen molar-refractivity contribution < 1.29 is 9.59 Å². The van der Waals surface area contributed by atoms with Crippen LogP contribution in [0.5, 0.6) is 0 Å². The minimum Gasteiger partial charge on any atom is -0.318 e. The zero-order chi connectivity index (χ0) is 25.6. The lowest BCUT2D eigenvalue weighted by Gasteiger charge is -2.08. The van der Waals surface area contributed by atoms with Crippen LogP contribution in [-0.2, 0) is 20.6 Å². The van der Waals surface area contributed by atoms with Gasteiger partial charge in [-0.15, -0.1) is 0 Å². The van der Waals surface area contributed by atoms with Crippen molar-refractivity contribution in [3.63, 3.8) is 0 Å². The van der Waals surface area contributed by atoms with Crippen molar-refractivity contribution >= 4 is 44.8 Å². The molecule has 0 bridgehead atoms. The molecule has 0 radical (unpaired) electrons. The number of nitrogens with zero attached hydrogens (tertiary/aromatic N) is 9. The number of anilines is 2. The first-order valence-corrected chi connectivity index (χ1v) is 11.8. The Morgan fingerprint density at radius 3 is 2.44 bits per heavy atom. The SMILES string of the molecule is CCn1cc(Br)c(-c2ccnc3cc(C(=O)Nc4cnn(C)c4C(=O)Nc4cnn(C)c4C)nn23)n1. The van der Waals surface area contributed by atoms with Gasteiger partial charge in [-0.2, -0.15) is 20.4 Å². The highest BCUT2D eigenvalue weighted by atomic mass is 79.9. The molecule has 0 aliphatic rings. The van der Waals surface area contributed by atoms with Gasteiger partial charge in [-0.1, -0.05) is 0 Å². The first-order chi connectivity index (χ1) is 17.3. The predicted octanol–water partition coefficient (Wildman–Crippen LogP) is 2.66. The van der Waals surface area contributed by atoms with E-state index >= 15 is 0 Å². The zero-order valence-corrected chi connectivity index (χ0v) is 21.5. The third-order valence-electron chi connectivity index (χ3n) is 5.76. The Hall–Kier alpha value is -4.33. The summed E-state index contributed by atoms with van der Waals surface area (Å²) in [7, 11) is 3.40. The van der Waals surface area contributed by atoms with E-state index in [0.29, 0.717) is 29.3 Å². The molecular weight excluding hydrogens is 530 g/mol. The molecule has 0 unspecified atom stereocenters. The standard InChI is InChI=1S/C22H22BrN11O2/c1-5-33-11-13(23)19(30-33)17-6-7-24-18-8-14(29-34(17)18)21(35)28-16-10-26-32(4)20(16)22(36)27-15-9-25-31(3)12(15)2/h6-11H,5H2,1-4H3,(H,27,36)(H,28,35). The van der Waals surface area contributed by atoms with Crippen LogP contribution in [0.3, 0.4) is 0 Å². The predicted molar refractivity (Wildman–Crippen MR) is 135 cm³/mol. The monoisotopic (exact) mass is 551 g/mol. The molecule has 0 saturated heterocycles. The van der Waals surface area contributed by atoms with Gasteiger partial charge in [0.2, 0.25) is 0 Å². The summed E-state index contributed by atoms with van der Waals surface area (Å²) in [6, 6.07) is 3.34. The first-order valence-electron chi connectivity index (χ1n) is 11.0. The fraction of sp³-hybridized carbons (Fsp3) is 0.227. The van der Waals surface area contributed by atoms with E-state index in [0.717, 1.165) is 10.2 Å². The molecule has 0 atom stereocenters. The number of carbonyl (C=O) groups excluding carboxylic acids is 2. The number of rotatable bonds is 6. The summed E-state index contributed by atoms with van der Waals surface area (Å²) in [4.78, 5) is 30.4. The van der Waals surface area contributed by atoms with Crippen molar-refractivity contribution in [2.45, 2.75) is 20.4 Å². The quantitative estimate of drug-likeness (QED) is 0.330. The molecule has 2 N–H and O–H groups in total. The molecule has 2 amide bonds. The van der Waals surface area contributed by atoms with Gasteiger partial charge in [0.15, 0.2) is 11.3 Å². The minimum absolute atomic E-state index is 0.124. The molecular formula is C22H22BrN11O2. The smallest absolute Gasteiger partial charge is 0.276 e. The maximum atomic E-state index is 13.1. The molecule has 14 heteroatoms. The van der Waals surface area contributed by atoms with Crippen molar-refractivity contribution in [2.75, 3.05) is 10.6 Å². The second-order valence-corrected chi connectivity index (χ2v) is 8.87. The van der Waals surface area contributed by atoms with Crippen LogP contribution in [0.25, 0.3) is 17.0 Å². The van der Waals surface area contributed by atoms with Gasteiger partial charge >= 0.3 is 0 Å². The minimum atomic E-state index is -0.510. The molecule has 36 heavy (non-hydrogen) atoms. The highest BCUT2D eigenvalue weighted by Crippen LogP contribution is 2.27. The number of halogens is 1. The highest BCUT2D eigenvalue weighted by Gasteiger charge is 2.23. The van der Waals surface area contributed by atoms with Gasteiger partial charge < -0.3 is 10.6 Å². The van der Waals surface area contributed by atoms with Gasteiger partial charge in [0, 0.05) is 39.1 Å². The molecule has 13 nitrogen and oxygen atoms in total. The number of amides is 2. The van der Waals surface area contributed by atoms with E-state index in [2.05, 4.69) is 51.9 Å². The Morgan fingerprint density at radius 2 is 1.75 bits per heavy atom. The molecule has 5 aromatic rings. The van der Waals surface area contributed by atoms with Crippen molar-refractivity contribution in [3.05, 3.63) is 58.5 Å². The molecule has 5 aromatic heterocycles. The molecule has 0 fully saturated rings. The summed E-state index contributed by atoms with van der Waals surface area (Å²) >= 11 is 3.54. The maximum Gasteiger partial charge on any atom is 0.276 e. The number of hydrogen-bond acceptors (Lipinski definition) is 7. The van der Waals surface area contributed by atoms with E-state index < -0.39 is 11.8 Å². The normalized spacial score (nSPS) is 11.2. The maximum absolute atomic E-state index is 13.1. The molecule has 0 aliphatic heterocycles. The summed E-state index contributed by atoms with van der Waals surface area (Å²) in [5, 5.41) is 22.8. The Bertz CT molecular complexity index is 1620. The molecule has 0 aromatic carbocycles. The Kier molecular flexibility index (Phi) is 5.88. The molecule has 184 valence electrons. The lowest BCUT2D eigenvalue weighted by molar-refractivity contribution is 0.101. The van der Waals surface area contributed by atoms with Gasteiger partial charge in [-0.25, -0.2) is 9.50 Å². The van der Waals surface area contributed by atoms with Crippen LogP contribution >= 0.6 is 15.9 Å². The van der Waals surface area contributed by atoms with Gasteiger partial charge in [0.05, 0.1) is 39.6 Å². The summed E-state index contributed by atoms with van der Waals surface area (Å²) in [5.41, 5.74) is 3.74. The van der Waals surface area contributed by atoms with Crippen molar-refractivity contribution in [1.29, 1.82) is 0 Å². The third kappa shape index (κ3) is 4.04. The molecule has 5 heterocycles. The van der Waals surface area contributed by atoms with Gasteiger partial charge in [-0.05, 0) is 35.8 Å². The Balaban J connectivity index is 1.43. The van der Waals surface area contributed by atoms with Crippen LogP contribution in [-0.4, -0.2) is 55.8 Å². The number of nitrogens with one attached hydrogen (secondary N) is 2. The van der Waals surface area contributed by atoms with Crippen molar-refractivity contribution in [3.8, 4) is 11.4 Å². The van der Waals surface area contributed by atoms with Crippen molar-refractivity contribution in [2.24, 2.45) is 14.1 Å². The van der Waals surface area contributed by atoms with Crippen molar-refractivity contribution in [1.82, 2.24) is 43.9 Å². The Labute approximate surface area is 213 Å². The number of aryl methyl sites for hydroxylation is 3. The Morgan fingerprint density at radius 1 is 1.03 bits per heavy atom. The summed E-state index contributed by atoms with van der Waals surface area (Å²) in [6.45, 7) is 4.54. The number of carbonyl (C=O) groups is 2. The van der Waals surface area contributed by atoms with Crippen LogP contribution in [0.2, 0.25) is 0 Å². The van der Waals surface area contributed by atoms with E-state index in [1.165, 1.54) is 10.9 Å². The van der Waals surface area contributed by atoms with E-state index in [4.69, 9.17) is 0 Å². The topological polar surface area (TPSA) is 142 Å². The van der Waals surface area contributed by atoms with Gasteiger partial charge in [-0.3, -0.25) is 23.6 Å². The molecule has 5 rings (SSSR count). The summed E-state index contributed by atoms with van der Waals surface area (Å²) < 4.78 is 7.20. The van der Waals surface area contributed by atoms with E-state index in [-0.39, 0.29) is 17.1 Å². The fourth-order valence-corrected chi connectivity index (χ4v) is 4.22. The van der Waals surface area contributed by atoms with E-state index in [1.54, 1.807) is 52.5 Å². The van der Waals surface area contributed by atoms with Crippen LogP contribution in [0.1, 0.15) is 33.6 Å². The number of fused-ring (bicyclic) bond motifs is 1. The molecule has 0 spiro atoms. The average molecular weight is 552 g/mol. The first kappa shape index (κ1) is 23.4. The third-order valence-corrected chi connectivity index (χ3v) is 6.34.